The van der Waals surface area contributed by atoms with Crippen LogP contribution in [0.5, 0.6) is 0 Å². The summed E-state index contributed by atoms with van der Waals surface area (Å²) in [4.78, 5) is 29.9. The Kier molecular flexibility index (Phi) is 4.66. The van der Waals surface area contributed by atoms with Gasteiger partial charge in [0.15, 0.2) is 5.78 Å². The zero-order valence-corrected chi connectivity index (χ0v) is 12.0. The molecule has 0 amide bonds. The van der Waals surface area contributed by atoms with Crippen molar-refractivity contribution in [3.05, 3.63) is 58.9 Å². The molecule has 0 aliphatic carbocycles. The van der Waals surface area contributed by atoms with E-state index in [1.807, 2.05) is 19.1 Å². The molecule has 2 aromatic heterocycles. The average Bonchev–Trinajstić information content (AvgIpc) is 2.49. The van der Waals surface area contributed by atoms with Crippen LogP contribution in [0.2, 0.25) is 0 Å². The van der Waals surface area contributed by atoms with Crippen LogP contribution in [0.4, 0.5) is 5.69 Å². The van der Waals surface area contributed by atoms with Crippen LogP contribution in [0.3, 0.4) is 0 Å². The highest BCUT2D eigenvalue weighted by atomic mass is 16.1. The van der Waals surface area contributed by atoms with Crippen LogP contribution < -0.4 is 10.9 Å². The van der Waals surface area contributed by atoms with Gasteiger partial charge in [0.05, 0.1) is 0 Å². The van der Waals surface area contributed by atoms with Gasteiger partial charge in [0.1, 0.15) is 5.69 Å². The number of nitrogens with zero attached hydrogens (tertiary/aromatic N) is 1. The Labute approximate surface area is 122 Å². The molecule has 2 rings (SSSR count). The van der Waals surface area contributed by atoms with Gasteiger partial charge in [-0.25, -0.2) is 0 Å². The smallest absolute Gasteiger partial charge is 0.271 e. The fourth-order valence-electron chi connectivity index (χ4n) is 1.98. The lowest BCUT2D eigenvalue weighted by Gasteiger charge is -2.10. The number of nitrogens with one attached hydrogen (secondary N) is 2. The molecule has 108 valence electrons. The molecule has 0 aromatic carbocycles. The number of anilines is 1. The minimum absolute atomic E-state index is 0.0865. The van der Waals surface area contributed by atoms with Gasteiger partial charge in [-0.1, -0.05) is 13.0 Å². The molecule has 0 unspecified atom stereocenters. The van der Waals surface area contributed by atoms with Gasteiger partial charge in [-0.05, 0) is 31.6 Å². The summed E-state index contributed by atoms with van der Waals surface area (Å²) < 4.78 is 0. The Morgan fingerprint density at radius 2 is 2.29 bits per heavy atom. The zero-order chi connectivity index (χ0) is 15.2. The van der Waals surface area contributed by atoms with Crippen molar-refractivity contribution in [2.24, 2.45) is 0 Å². The van der Waals surface area contributed by atoms with Crippen LogP contribution in [0.15, 0.2) is 47.7 Å². The second-order valence-corrected chi connectivity index (χ2v) is 4.59. The van der Waals surface area contributed by atoms with E-state index in [1.165, 1.54) is 19.2 Å². The highest BCUT2D eigenvalue weighted by Gasteiger charge is 2.08. The van der Waals surface area contributed by atoms with Gasteiger partial charge in [-0.2, -0.15) is 0 Å². The first kappa shape index (κ1) is 14.7. The Bertz CT molecular complexity index is 718. The number of rotatable bonds is 5. The number of aromatic nitrogens is 2. The number of carbonyl (C=O) groups is 1. The quantitative estimate of drug-likeness (QED) is 0.827. The second-order valence-electron chi connectivity index (χ2n) is 4.59. The molecule has 2 N–H and O–H groups in total. The molecular formula is C16H17N3O2. The zero-order valence-electron chi connectivity index (χ0n) is 12.0. The van der Waals surface area contributed by atoms with Gasteiger partial charge in [0, 0.05) is 35.4 Å². The van der Waals surface area contributed by atoms with Crippen LogP contribution in [0, 0.1) is 0 Å². The third-order valence-corrected chi connectivity index (χ3v) is 3.01. The lowest BCUT2D eigenvalue weighted by atomic mass is 10.0. The molecule has 0 radical (unpaired) electrons. The molecule has 0 aliphatic rings. The molecule has 0 bridgehead atoms. The lowest BCUT2D eigenvalue weighted by molar-refractivity contribution is -0.112. The molecular weight excluding hydrogens is 266 g/mol. The van der Waals surface area contributed by atoms with Gasteiger partial charge >= 0.3 is 0 Å². The molecule has 0 fully saturated rings. The van der Waals surface area contributed by atoms with Crippen LogP contribution >= 0.6 is 0 Å². The summed E-state index contributed by atoms with van der Waals surface area (Å²) in [5, 5.41) is 2.84. The van der Waals surface area contributed by atoms with E-state index < -0.39 is 0 Å². The number of hydrogen-bond acceptors (Lipinski definition) is 4. The first-order valence-electron chi connectivity index (χ1n) is 6.72. The van der Waals surface area contributed by atoms with E-state index in [-0.39, 0.29) is 11.3 Å². The van der Waals surface area contributed by atoms with Gasteiger partial charge in [0.2, 0.25) is 0 Å². The average molecular weight is 283 g/mol. The minimum atomic E-state index is -0.215. The Hall–Kier alpha value is -2.69. The number of hydrogen-bond donors (Lipinski definition) is 2. The van der Waals surface area contributed by atoms with E-state index in [9.17, 15) is 9.59 Å². The van der Waals surface area contributed by atoms with E-state index >= 15 is 0 Å². The fraction of sp³-hybridized carbons (Fsp3) is 0.188. The largest absolute Gasteiger partial charge is 0.357 e. The number of aromatic amines is 1. The summed E-state index contributed by atoms with van der Waals surface area (Å²) in [5.74, 6) is -0.0865. The first-order valence-corrected chi connectivity index (χ1v) is 6.72. The number of aryl methyl sites for hydroxylation is 1. The van der Waals surface area contributed by atoms with Crippen molar-refractivity contribution in [1.29, 1.82) is 0 Å². The van der Waals surface area contributed by atoms with Crippen LogP contribution in [0.25, 0.3) is 11.1 Å². The number of H-pyrrole nitrogens is 1. The van der Waals surface area contributed by atoms with Crippen molar-refractivity contribution in [2.75, 3.05) is 5.32 Å². The van der Waals surface area contributed by atoms with E-state index in [1.54, 1.807) is 18.5 Å². The monoisotopic (exact) mass is 283 g/mol. The maximum atomic E-state index is 12.0. The predicted molar refractivity (Wildman–Crippen MR) is 83.1 cm³/mol. The summed E-state index contributed by atoms with van der Waals surface area (Å²) in [6.07, 6.45) is 7.00. The molecule has 0 atom stereocenters. The number of pyridine rings is 2. The van der Waals surface area contributed by atoms with Crippen molar-refractivity contribution >= 4 is 11.5 Å². The van der Waals surface area contributed by atoms with Crippen molar-refractivity contribution in [1.82, 2.24) is 9.97 Å². The Morgan fingerprint density at radius 1 is 1.48 bits per heavy atom. The summed E-state index contributed by atoms with van der Waals surface area (Å²) in [5.41, 5.74) is 2.89. The fourth-order valence-corrected chi connectivity index (χ4v) is 1.98. The molecule has 5 nitrogen and oxygen atoms in total. The van der Waals surface area contributed by atoms with Crippen molar-refractivity contribution in [3.63, 3.8) is 0 Å². The van der Waals surface area contributed by atoms with E-state index in [0.29, 0.717) is 12.1 Å². The van der Waals surface area contributed by atoms with Gasteiger partial charge in [-0.15, -0.1) is 0 Å². The first-order chi connectivity index (χ1) is 10.1. The number of allylic oxidation sites excluding steroid dienone is 1. The topological polar surface area (TPSA) is 74.8 Å². The molecule has 5 heteroatoms. The van der Waals surface area contributed by atoms with E-state index in [0.717, 1.165) is 16.8 Å². The van der Waals surface area contributed by atoms with Crippen molar-refractivity contribution < 1.29 is 4.79 Å². The SMILES string of the molecule is CCc1[nH]c(=O)c(NC=CC(C)=O)cc1-c1cccnc1. The number of carbonyl (C=O) groups excluding carboxylic acids is 1. The highest BCUT2D eigenvalue weighted by molar-refractivity contribution is 5.87. The number of ketones is 1. The maximum Gasteiger partial charge on any atom is 0.271 e. The summed E-state index contributed by atoms with van der Waals surface area (Å²) in [6, 6.07) is 5.57. The Balaban J connectivity index is 2.45. The summed E-state index contributed by atoms with van der Waals surface area (Å²) >= 11 is 0. The molecule has 21 heavy (non-hydrogen) atoms. The second kappa shape index (κ2) is 6.65. The molecule has 0 saturated carbocycles. The third kappa shape index (κ3) is 3.66. The molecule has 0 spiro atoms. The van der Waals surface area contributed by atoms with Crippen molar-refractivity contribution in [3.8, 4) is 11.1 Å². The van der Waals surface area contributed by atoms with Crippen LogP contribution in [-0.2, 0) is 11.2 Å². The van der Waals surface area contributed by atoms with E-state index in [4.69, 9.17) is 0 Å². The molecule has 0 saturated heterocycles. The Morgan fingerprint density at radius 3 is 2.90 bits per heavy atom. The van der Waals surface area contributed by atoms with Crippen LogP contribution in [0.1, 0.15) is 19.5 Å². The van der Waals surface area contributed by atoms with Gasteiger partial charge in [0.25, 0.3) is 5.56 Å². The highest BCUT2D eigenvalue weighted by Crippen LogP contribution is 2.23. The lowest BCUT2D eigenvalue weighted by Crippen LogP contribution is -2.14. The summed E-state index contributed by atoms with van der Waals surface area (Å²) in [6.45, 7) is 3.43. The van der Waals surface area contributed by atoms with Gasteiger partial charge < -0.3 is 10.3 Å². The molecule has 2 heterocycles. The van der Waals surface area contributed by atoms with Gasteiger partial charge in [-0.3, -0.25) is 14.6 Å². The standard InChI is InChI=1S/C16H17N3O2/c1-3-14-13(12-5-4-7-17-10-12)9-15(16(21)19-14)18-8-6-11(2)20/h4-10,18H,3H2,1-2H3,(H,19,21). The predicted octanol–water partition coefficient (Wildman–Crippen LogP) is 2.51. The maximum absolute atomic E-state index is 12.0. The minimum Gasteiger partial charge on any atom is -0.357 e. The van der Waals surface area contributed by atoms with Crippen molar-refractivity contribution in [2.45, 2.75) is 20.3 Å². The van der Waals surface area contributed by atoms with E-state index in [2.05, 4.69) is 15.3 Å². The molecule has 0 aliphatic heterocycles. The van der Waals surface area contributed by atoms with Crippen LogP contribution in [-0.4, -0.2) is 15.8 Å². The normalized spacial score (nSPS) is 10.8. The molecule has 2 aromatic rings. The third-order valence-electron chi connectivity index (χ3n) is 3.01. The summed E-state index contributed by atoms with van der Waals surface area (Å²) in [7, 11) is 0.